The summed E-state index contributed by atoms with van der Waals surface area (Å²) in [5.41, 5.74) is 2.86. The van der Waals surface area contributed by atoms with Gasteiger partial charge in [0.25, 0.3) is 0 Å². The van der Waals surface area contributed by atoms with Crippen LogP contribution in [-0.2, 0) is 12.3 Å². The molecule has 0 saturated heterocycles. The van der Waals surface area contributed by atoms with E-state index in [0.29, 0.717) is 0 Å². The second-order valence-electron chi connectivity index (χ2n) is 11.7. The van der Waals surface area contributed by atoms with Crippen LogP contribution in [0, 0.1) is 0 Å². The molecule has 0 aliphatic rings. The summed E-state index contributed by atoms with van der Waals surface area (Å²) in [4.78, 5) is 0. The van der Waals surface area contributed by atoms with Crippen LogP contribution in [0.25, 0.3) is 0 Å². The zero-order valence-electron chi connectivity index (χ0n) is 26.7. The van der Waals surface area contributed by atoms with Gasteiger partial charge in [0.1, 0.15) is 46.4 Å². The van der Waals surface area contributed by atoms with E-state index in [9.17, 15) is 0 Å². The molecule has 0 aliphatic carbocycles. The minimum absolute atomic E-state index is 0. The van der Waals surface area contributed by atoms with Crippen LogP contribution in [0.15, 0.2) is 206 Å². The van der Waals surface area contributed by atoms with E-state index in [2.05, 4.69) is 206 Å². The molecule has 4 heteroatoms. The first-order valence-corrected chi connectivity index (χ1v) is 19.9. The molecule has 0 aliphatic heterocycles. The van der Waals surface area contributed by atoms with Crippen LogP contribution in [0.5, 0.6) is 0 Å². The minimum Gasteiger partial charge on any atom is -1.00 e. The van der Waals surface area contributed by atoms with Gasteiger partial charge >= 0.3 is 0 Å². The summed E-state index contributed by atoms with van der Waals surface area (Å²) in [5.74, 6) is 0. The molecule has 0 spiro atoms. The van der Waals surface area contributed by atoms with E-state index in [-0.39, 0.29) is 24.8 Å². The predicted molar refractivity (Wildman–Crippen MR) is 204 cm³/mol. The van der Waals surface area contributed by atoms with Crippen molar-refractivity contribution in [3.8, 4) is 0 Å². The first-order chi connectivity index (χ1) is 22.8. The van der Waals surface area contributed by atoms with Gasteiger partial charge in [-0.05, 0) is 83.9 Å². The summed E-state index contributed by atoms with van der Waals surface area (Å²) in [6.45, 7) is 0. The Morgan fingerprint density at radius 1 is 0.229 bits per heavy atom. The van der Waals surface area contributed by atoms with Crippen LogP contribution in [0.1, 0.15) is 11.1 Å². The molecule has 0 amide bonds. The third-order valence-electron chi connectivity index (χ3n) is 9.12. The van der Waals surface area contributed by atoms with Crippen molar-refractivity contribution in [1.29, 1.82) is 0 Å². The SMILES string of the molecule is [Cl-].[Cl-].c1ccc([P+](Cc2ccccc2C[P+](c2ccccc2)(c2ccccc2)c2ccccc2)(c2ccccc2)c2ccccc2)cc1. The van der Waals surface area contributed by atoms with Crippen LogP contribution < -0.4 is 56.6 Å². The molecule has 48 heavy (non-hydrogen) atoms. The summed E-state index contributed by atoms with van der Waals surface area (Å²) in [5, 5.41) is 8.49. The second kappa shape index (κ2) is 16.4. The van der Waals surface area contributed by atoms with Gasteiger partial charge in [-0.1, -0.05) is 133 Å². The zero-order chi connectivity index (χ0) is 31.1. The molecule has 7 rings (SSSR count). The summed E-state index contributed by atoms with van der Waals surface area (Å²) < 4.78 is 0. The summed E-state index contributed by atoms with van der Waals surface area (Å²) in [6.07, 6.45) is 1.92. The molecule has 0 fully saturated rings. The van der Waals surface area contributed by atoms with Gasteiger partial charge in [-0.25, -0.2) is 0 Å². The number of benzene rings is 7. The molecule has 238 valence electrons. The van der Waals surface area contributed by atoms with Gasteiger partial charge in [0, 0.05) is 0 Å². The number of hydrogen-bond acceptors (Lipinski definition) is 0. The van der Waals surface area contributed by atoms with E-state index >= 15 is 0 Å². The van der Waals surface area contributed by atoms with Gasteiger partial charge in [-0.2, -0.15) is 0 Å². The van der Waals surface area contributed by atoms with Gasteiger partial charge in [-0.3, -0.25) is 0 Å². The molecule has 0 atom stereocenters. The van der Waals surface area contributed by atoms with E-state index in [1.807, 2.05) is 0 Å². The van der Waals surface area contributed by atoms with Gasteiger partial charge in [0.2, 0.25) is 0 Å². The van der Waals surface area contributed by atoms with Crippen molar-refractivity contribution < 1.29 is 24.8 Å². The highest BCUT2D eigenvalue weighted by Crippen LogP contribution is 2.61. The average Bonchev–Trinajstić information content (AvgIpc) is 3.15. The first-order valence-electron chi connectivity index (χ1n) is 16.0. The van der Waals surface area contributed by atoms with Crippen molar-refractivity contribution in [1.82, 2.24) is 0 Å². The summed E-state index contributed by atoms with van der Waals surface area (Å²) >= 11 is 0. The lowest BCUT2D eigenvalue weighted by Crippen LogP contribution is -3.00. The molecular formula is C44H38Cl2P2. The Labute approximate surface area is 299 Å². The minimum atomic E-state index is -2.07. The second-order valence-corrected chi connectivity index (χ2v) is 18.7. The van der Waals surface area contributed by atoms with E-state index in [0.717, 1.165) is 12.3 Å². The maximum absolute atomic E-state index is 2.40. The Balaban J connectivity index is 0.00000225. The van der Waals surface area contributed by atoms with Crippen molar-refractivity contribution in [3.63, 3.8) is 0 Å². The maximum atomic E-state index is 2.40. The molecular weight excluding hydrogens is 661 g/mol. The first kappa shape index (κ1) is 35.3. The Morgan fingerprint density at radius 2 is 0.396 bits per heavy atom. The van der Waals surface area contributed by atoms with Crippen LogP contribution in [0.3, 0.4) is 0 Å². The standard InChI is InChI=1S/C44H38P2.2ClH/c1-7-23-39(24-8-1)45(40-25-9-2-10-26-40,41-27-11-3-12-28-41)35-37-21-19-20-22-38(37)36-46(42-29-13-4-14-30-42,43-31-15-5-16-32-43)44-33-17-6-18-34-44;;/h1-34H,35-36H2;2*1H/q+2;;/p-2. The molecule has 0 N–H and O–H groups in total. The highest BCUT2D eigenvalue weighted by Gasteiger charge is 2.48. The fourth-order valence-corrected chi connectivity index (χ4v) is 15.5. The summed E-state index contributed by atoms with van der Waals surface area (Å²) in [7, 11) is -4.14. The van der Waals surface area contributed by atoms with Crippen LogP contribution >= 0.6 is 14.5 Å². The van der Waals surface area contributed by atoms with Crippen LogP contribution in [0.2, 0.25) is 0 Å². The van der Waals surface area contributed by atoms with Gasteiger partial charge in [0.05, 0.1) is 12.3 Å². The normalized spacial score (nSPS) is 11.2. The van der Waals surface area contributed by atoms with Crippen LogP contribution in [0.4, 0.5) is 0 Å². The Bertz CT molecular complexity index is 1630. The van der Waals surface area contributed by atoms with Gasteiger partial charge in [0.15, 0.2) is 0 Å². The van der Waals surface area contributed by atoms with E-state index < -0.39 is 14.5 Å². The number of halogens is 2. The zero-order valence-corrected chi connectivity index (χ0v) is 30.0. The lowest BCUT2D eigenvalue weighted by Gasteiger charge is -2.31. The molecule has 0 nitrogen and oxygen atoms in total. The fraction of sp³-hybridized carbons (Fsp3) is 0.0455. The number of rotatable bonds is 10. The Kier molecular flexibility index (Phi) is 12.1. The topological polar surface area (TPSA) is 0 Å². The van der Waals surface area contributed by atoms with Crippen molar-refractivity contribution in [2.75, 3.05) is 0 Å². The van der Waals surface area contributed by atoms with Crippen molar-refractivity contribution in [2.24, 2.45) is 0 Å². The van der Waals surface area contributed by atoms with Gasteiger partial charge < -0.3 is 24.8 Å². The van der Waals surface area contributed by atoms with E-state index in [1.165, 1.54) is 43.0 Å². The smallest absolute Gasteiger partial charge is 0.116 e. The van der Waals surface area contributed by atoms with Crippen LogP contribution in [-0.4, -0.2) is 0 Å². The van der Waals surface area contributed by atoms with E-state index in [1.54, 1.807) is 0 Å². The predicted octanol–water partition coefficient (Wildman–Crippen LogP) is 2.68. The Morgan fingerprint density at radius 3 is 0.583 bits per heavy atom. The maximum Gasteiger partial charge on any atom is 0.116 e. The van der Waals surface area contributed by atoms with Crippen molar-refractivity contribution in [3.05, 3.63) is 217 Å². The monoisotopic (exact) mass is 698 g/mol. The largest absolute Gasteiger partial charge is 1.00 e. The number of hydrogen-bond donors (Lipinski definition) is 0. The third-order valence-corrected chi connectivity index (χ3v) is 17.8. The molecule has 7 aromatic rings. The quantitative estimate of drug-likeness (QED) is 0.193. The average molecular weight is 700 g/mol. The fourth-order valence-electron chi connectivity index (χ4n) is 6.91. The molecule has 0 unspecified atom stereocenters. The molecule has 0 aromatic heterocycles. The molecule has 0 saturated carbocycles. The lowest BCUT2D eigenvalue weighted by atomic mass is 10.1. The Hall–Kier alpha value is -4.02. The van der Waals surface area contributed by atoms with E-state index in [4.69, 9.17) is 0 Å². The highest BCUT2D eigenvalue weighted by molar-refractivity contribution is 7.95. The van der Waals surface area contributed by atoms with Crippen molar-refractivity contribution >= 4 is 46.4 Å². The summed E-state index contributed by atoms with van der Waals surface area (Å²) in [6, 6.07) is 76.8. The lowest BCUT2D eigenvalue weighted by molar-refractivity contribution is -0.001000. The third kappa shape index (κ3) is 6.91. The molecule has 0 radical (unpaired) electrons. The highest BCUT2D eigenvalue weighted by atomic mass is 35.5. The van der Waals surface area contributed by atoms with Gasteiger partial charge in [-0.15, -0.1) is 0 Å². The molecule has 7 aromatic carbocycles. The molecule has 0 heterocycles. The molecule has 0 bridgehead atoms. The van der Waals surface area contributed by atoms with Crippen molar-refractivity contribution in [2.45, 2.75) is 12.3 Å².